The van der Waals surface area contributed by atoms with Crippen molar-refractivity contribution in [1.29, 1.82) is 0 Å². The molecule has 0 aliphatic carbocycles. The molecule has 0 fully saturated rings. The summed E-state index contributed by atoms with van der Waals surface area (Å²) >= 11 is 0. The van der Waals surface area contributed by atoms with Crippen LogP contribution >= 0.6 is 0 Å². The molecule has 86 valence electrons. The van der Waals surface area contributed by atoms with Gasteiger partial charge in [-0.2, -0.15) is 0 Å². The Morgan fingerprint density at radius 2 is 2.00 bits per heavy atom. The second-order valence-corrected chi connectivity index (χ2v) is 5.00. The van der Waals surface area contributed by atoms with Gasteiger partial charge in [0.2, 0.25) is 0 Å². The van der Waals surface area contributed by atoms with Gasteiger partial charge in [-0.25, -0.2) is 0 Å². The van der Waals surface area contributed by atoms with Gasteiger partial charge in [0.15, 0.2) is 0 Å². The number of H-pyrrole nitrogens is 1. The van der Waals surface area contributed by atoms with E-state index in [9.17, 15) is 0 Å². The van der Waals surface area contributed by atoms with Crippen LogP contribution < -0.4 is 0 Å². The third-order valence-electron chi connectivity index (χ3n) is 2.88. The molecule has 0 saturated heterocycles. The highest BCUT2D eigenvalue weighted by molar-refractivity contribution is 5.84. The predicted molar refractivity (Wildman–Crippen MR) is 69.8 cm³/mol. The lowest BCUT2D eigenvalue weighted by atomic mass is 10.1. The van der Waals surface area contributed by atoms with Crippen LogP contribution in [0.15, 0.2) is 24.3 Å². The Kier molecular flexibility index (Phi) is 3.01. The van der Waals surface area contributed by atoms with Crippen LogP contribution in [0.5, 0.6) is 0 Å². The van der Waals surface area contributed by atoms with E-state index >= 15 is 0 Å². The third-order valence-corrected chi connectivity index (χ3v) is 2.88. The summed E-state index contributed by atoms with van der Waals surface area (Å²) in [7, 11) is 4.21. The van der Waals surface area contributed by atoms with Crippen molar-refractivity contribution in [1.82, 2.24) is 9.88 Å². The van der Waals surface area contributed by atoms with E-state index in [1.165, 1.54) is 22.2 Å². The van der Waals surface area contributed by atoms with E-state index in [0.29, 0.717) is 5.92 Å². The zero-order valence-corrected chi connectivity index (χ0v) is 10.5. The molecular formula is C14H20N2. The van der Waals surface area contributed by atoms with E-state index in [2.05, 4.69) is 62.1 Å². The van der Waals surface area contributed by atoms with Crippen molar-refractivity contribution >= 4 is 10.9 Å². The maximum atomic E-state index is 3.49. The van der Waals surface area contributed by atoms with E-state index in [1.807, 2.05) is 0 Å². The molecule has 0 radical (unpaired) electrons. The van der Waals surface area contributed by atoms with E-state index in [0.717, 1.165) is 6.54 Å². The third kappa shape index (κ3) is 2.12. The Morgan fingerprint density at radius 1 is 1.25 bits per heavy atom. The number of hydrogen-bond acceptors (Lipinski definition) is 1. The van der Waals surface area contributed by atoms with Crippen LogP contribution in [-0.4, -0.2) is 24.0 Å². The molecule has 1 aromatic carbocycles. The van der Waals surface area contributed by atoms with Crippen molar-refractivity contribution in [3.63, 3.8) is 0 Å². The molecule has 0 aliphatic rings. The quantitative estimate of drug-likeness (QED) is 0.833. The van der Waals surface area contributed by atoms with Gasteiger partial charge in [0, 0.05) is 23.1 Å². The Labute approximate surface area is 97.3 Å². The summed E-state index contributed by atoms with van der Waals surface area (Å²) in [5.74, 6) is 0.555. The number of hydrogen-bond donors (Lipinski definition) is 1. The van der Waals surface area contributed by atoms with Gasteiger partial charge in [-0.05, 0) is 37.7 Å². The Balaban J connectivity index is 2.50. The van der Waals surface area contributed by atoms with Crippen molar-refractivity contribution in [2.75, 3.05) is 14.1 Å². The normalized spacial score (nSPS) is 11.9. The van der Waals surface area contributed by atoms with Crippen LogP contribution in [0.25, 0.3) is 10.9 Å². The summed E-state index contributed by atoms with van der Waals surface area (Å²) in [6.45, 7) is 5.43. The van der Waals surface area contributed by atoms with Crippen LogP contribution in [0.1, 0.15) is 31.0 Å². The van der Waals surface area contributed by atoms with Gasteiger partial charge in [-0.1, -0.05) is 26.0 Å². The lowest BCUT2D eigenvalue weighted by Gasteiger charge is -2.10. The first-order chi connectivity index (χ1) is 7.58. The van der Waals surface area contributed by atoms with Crippen molar-refractivity contribution in [2.45, 2.75) is 26.3 Å². The summed E-state index contributed by atoms with van der Waals surface area (Å²) in [5, 5.41) is 1.36. The smallest absolute Gasteiger partial charge is 0.0459 e. The van der Waals surface area contributed by atoms with Gasteiger partial charge < -0.3 is 9.88 Å². The van der Waals surface area contributed by atoms with E-state index in [4.69, 9.17) is 0 Å². The monoisotopic (exact) mass is 216 g/mol. The maximum Gasteiger partial charge on any atom is 0.0459 e. The number of nitrogens with one attached hydrogen (secondary N) is 1. The molecule has 0 atom stereocenters. The molecule has 0 amide bonds. The molecule has 1 aromatic heterocycles. The van der Waals surface area contributed by atoms with Crippen LogP contribution in [-0.2, 0) is 6.54 Å². The van der Waals surface area contributed by atoms with Gasteiger partial charge in [0.25, 0.3) is 0 Å². The molecule has 2 heteroatoms. The molecule has 1 N–H and O–H groups in total. The molecule has 2 rings (SSSR count). The lowest BCUT2D eigenvalue weighted by Crippen LogP contribution is -2.10. The number of benzene rings is 1. The molecule has 0 saturated carbocycles. The molecule has 2 aromatic rings. The molecular weight excluding hydrogens is 196 g/mol. The van der Waals surface area contributed by atoms with Crippen molar-refractivity contribution in [2.24, 2.45) is 0 Å². The lowest BCUT2D eigenvalue weighted by molar-refractivity contribution is 0.404. The summed E-state index contributed by atoms with van der Waals surface area (Å²) in [5.41, 5.74) is 3.97. The Morgan fingerprint density at radius 3 is 2.62 bits per heavy atom. The number of fused-ring (bicyclic) bond motifs is 1. The van der Waals surface area contributed by atoms with Gasteiger partial charge in [0.05, 0.1) is 0 Å². The molecule has 0 spiro atoms. The fourth-order valence-electron chi connectivity index (χ4n) is 2.03. The number of aromatic amines is 1. The summed E-state index contributed by atoms with van der Waals surface area (Å²) in [6.07, 6.45) is 0. The van der Waals surface area contributed by atoms with Crippen molar-refractivity contribution in [3.05, 3.63) is 35.5 Å². The first-order valence-corrected chi connectivity index (χ1v) is 5.83. The van der Waals surface area contributed by atoms with E-state index in [1.54, 1.807) is 0 Å². The Bertz CT molecular complexity index is 480. The highest BCUT2D eigenvalue weighted by atomic mass is 15.0. The minimum Gasteiger partial charge on any atom is -0.358 e. The van der Waals surface area contributed by atoms with Crippen LogP contribution in [0, 0.1) is 0 Å². The standard InChI is InChI=1S/C14H20N2/c1-10(2)14-8-12-11(9-16(3)4)6-5-7-13(12)15-14/h5-8,10,15H,9H2,1-4H3. The van der Waals surface area contributed by atoms with Crippen molar-refractivity contribution in [3.8, 4) is 0 Å². The van der Waals surface area contributed by atoms with Gasteiger partial charge in [-0.3, -0.25) is 0 Å². The van der Waals surface area contributed by atoms with Crippen LogP contribution in [0.4, 0.5) is 0 Å². The Hall–Kier alpha value is -1.28. The number of aromatic nitrogens is 1. The number of rotatable bonds is 3. The molecule has 2 nitrogen and oxygen atoms in total. The van der Waals surface area contributed by atoms with Gasteiger partial charge in [0.1, 0.15) is 0 Å². The zero-order valence-electron chi connectivity index (χ0n) is 10.5. The maximum absolute atomic E-state index is 3.49. The zero-order chi connectivity index (χ0) is 11.7. The van der Waals surface area contributed by atoms with E-state index < -0.39 is 0 Å². The second kappa shape index (κ2) is 4.30. The van der Waals surface area contributed by atoms with Crippen LogP contribution in [0.2, 0.25) is 0 Å². The minimum atomic E-state index is 0.555. The first kappa shape index (κ1) is 11.2. The van der Waals surface area contributed by atoms with Gasteiger partial charge >= 0.3 is 0 Å². The van der Waals surface area contributed by atoms with E-state index in [-0.39, 0.29) is 0 Å². The summed E-state index contributed by atoms with van der Waals surface area (Å²) in [4.78, 5) is 5.70. The second-order valence-electron chi connectivity index (χ2n) is 5.00. The van der Waals surface area contributed by atoms with Crippen molar-refractivity contribution < 1.29 is 0 Å². The fourth-order valence-corrected chi connectivity index (χ4v) is 2.03. The SMILES string of the molecule is CC(C)c1cc2c(CN(C)C)cccc2[nH]1. The molecule has 1 heterocycles. The topological polar surface area (TPSA) is 19.0 Å². The van der Waals surface area contributed by atoms with Gasteiger partial charge in [-0.15, -0.1) is 0 Å². The largest absolute Gasteiger partial charge is 0.358 e. The molecule has 16 heavy (non-hydrogen) atoms. The van der Waals surface area contributed by atoms with Crippen LogP contribution in [0.3, 0.4) is 0 Å². The fraction of sp³-hybridized carbons (Fsp3) is 0.429. The first-order valence-electron chi connectivity index (χ1n) is 5.83. The molecule has 0 bridgehead atoms. The average Bonchev–Trinajstić information content (AvgIpc) is 2.61. The number of nitrogens with zero attached hydrogens (tertiary/aromatic N) is 1. The highest BCUT2D eigenvalue weighted by Crippen LogP contribution is 2.24. The molecule has 0 aliphatic heterocycles. The summed E-state index contributed by atoms with van der Waals surface area (Å²) < 4.78 is 0. The predicted octanol–water partition coefficient (Wildman–Crippen LogP) is 3.35. The minimum absolute atomic E-state index is 0.555. The molecule has 0 unspecified atom stereocenters. The summed E-state index contributed by atoms with van der Waals surface area (Å²) in [6, 6.07) is 8.78. The average molecular weight is 216 g/mol. The highest BCUT2D eigenvalue weighted by Gasteiger charge is 2.07.